The maximum absolute atomic E-state index is 10.8. The molecule has 0 saturated heterocycles. The van der Waals surface area contributed by atoms with E-state index in [4.69, 9.17) is 4.74 Å². The number of rotatable bonds is 5. The Hall–Kier alpha value is -0.110. The fourth-order valence-electron chi connectivity index (χ4n) is 2.25. The quantitative estimate of drug-likeness (QED) is 0.340. The molecule has 0 atom stereocenters. The summed E-state index contributed by atoms with van der Waals surface area (Å²) in [6.07, 6.45) is 3.72. The maximum Gasteiger partial charge on any atom is 1.00 e. The maximum atomic E-state index is 10.8. The average Bonchev–Trinajstić information content (AvgIpc) is 2.94. The summed E-state index contributed by atoms with van der Waals surface area (Å²) in [5, 5.41) is 1.16. The zero-order valence-corrected chi connectivity index (χ0v) is 20.4. The molecule has 1 aromatic heterocycles. The number of phosphoric ester groups is 1. The second kappa shape index (κ2) is 10.4. The van der Waals surface area contributed by atoms with E-state index in [0.29, 0.717) is 11.3 Å². The molecule has 0 radical (unpaired) electrons. The first-order valence-corrected chi connectivity index (χ1v) is 9.28. The predicted octanol–water partition coefficient (Wildman–Crippen LogP) is -2.70. The molecule has 1 heterocycles. The van der Waals surface area contributed by atoms with E-state index in [1.807, 2.05) is 24.3 Å². The van der Waals surface area contributed by atoms with Gasteiger partial charge >= 0.3 is 59.1 Å². The Bertz CT molecular complexity index is 918. The second-order valence-corrected chi connectivity index (χ2v) is 7.19. The summed E-state index contributed by atoms with van der Waals surface area (Å²) in [6, 6.07) is 14.7. The molecular formula is C17H13Na2O5PS. The van der Waals surface area contributed by atoms with Crippen LogP contribution in [0.1, 0.15) is 10.4 Å². The zero-order chi connectivity index (χ0) is 17.2. The number of ether oxygens (including phenoxy) is 1. The number of fused-ring (bicyclic) bond motifs is 1. The summed E-state index contributed by atoms with van der Waals surface area (Å²) < 4.78 is 21.5. The van der Waals surface area contributed by atoms with E-state index in [0.717, 1.165) is 10.3 Å². The molecule has 0 aliphatic heterocycles. The Morgan fingerprint density at radius 2 is 1.69 bits per heavy atom. The predicted molar refractivity (Wildman–Crippen MR) is 92.0 cm³/mol. The van der Waals surface area contributed by atoms with Gasteiger partial charge < -0.3 is 23.6 Å². The van der Waals surface area contributed by atoms with Crippen molar-refractivity contribution < 1.29 is 82.7 Å². The minimum atomic E-state index is -5.11. The third kappa shape index (κ3) is 6.80. The van der Waals surface area contributed by atoms with Crippen molar-refractivity contribution in [3.63, 3.8) is 0 Å². The number of hydrogen-bond acceptors (Lipinski definition) is 6. The van der Waals surface area contributed by atoms with E-state index in [-0.39, 0.29) is 64.9 Å². The van der Waals surface area contributed by atoms with Gasteiger partial charge in [0.1, 0.15) is 19.3 Å². The molecule has 124 valence electrons. The number of hydrogen-bond donors (Lipinski definition) is 0. The summed E-state index contributed by atoms with van der Waals surface area (Å²) in [4.78, 5) is 22.6. The Kier molecular flexibility index (Phi) is 9.61. The molecule has 0 aliphatic rings. The zero-order valence-electron chi connectivity index (χ0n) is 14.7. The van der Waals surface area contributed by atoms with Gasteiger partial charge in [0.25, 0.3) is 0 Å². The van der Waals surface area contributed by atoms with Gasteiger partial charge in [-0.15, -0.1) is 11.3 Å². The van der Waals surface area contributed by atoms with Crippen molar-refractivity contribution in [2.75, 3.05) is 7.11 Å². The van der Waals surface area contributed by atoms with Crippen LogP contribution in [-0.2, 0) is 4.57 Å². The Labute approximate surface area is 199 Å². The van der Waals surface area contributed by atoms with Crippen LogP contribution in [0.5, 0.6) is 11.5 Å². The second-order valence-electron chi connectivity index (χ2n) is 5.00. The van der Waals surface area contributed by atoms with Crippen LogP contribution in [-0.4, -0.2) is 7.11 Å². The van der Waals surface area contributed by atoms with Crippen molar-refractivity contribution in [1.82, 2.24) is 0 Å². The summed E-state index contributed by atoms with van der Waals surface area (Å²) in [6.45, 7) is 0. The monoisotopic (exact) mass is 406 g/mol. The molecule has 9 heteroatoms. The number of methoxy groups -OCH3 is 1. The fraction of sp³-hybridized carbons (Fsp3) is 0.0588. The molecule has 0 spiro atoms. The first kappa shape index (κ1) is 23.9. The molecule has 5 nitrogen and oxygen atoms in total. The van der Waals surface area contributed by atoms with Crippen LogP contribution in [0, 0.1) is 0 Å². The van der Waals surface area contributed by atoms with Crippen LogP contribution in [0.3, 0.4) is 0 Å². The first-order chi connectivity index (χ1) is 11.4. The molecule has 0 fully saturated rings. The van der Waals surface area contributed by atoms with E-state index in [9.17, 15) is 14.4 Å². The van der Waals surface area contributed by atoms with Crippen molar-refractivity contribution >= 4 is 41.4 Å². The van der Waals surface area contributed by atoms with Crippen LogP contribution in [0.25, 0.3) is 22.2 Å². The van der Waals surface area contributed by atoms with Gasteiger partial charge in [0.15, 0.2) is 0 Å². The topological polar surface area (TPSA) is 81.7 Å². The van der Waals surface area contributed by atoms with E-state index in [1.165, 1.54) is 23.9 Å². The third-order valence-electron chi connectivity index (χ3n) is 3.24. The van der Waals surface area contributed by atoms with Crippen LogP contribution in [0.2, 0.25) is 0 Å². The Morgan fingerprint density at radius 3 is 2.35 bits per heavy atom. The summed E-state index contributed by atoms with van der Waals surface area (Å²) in [5.41, 5.74) is 0.662. The van der Waals surface area contributed by atoms with Crippen molar-refractivity contribution in [3.8, 4) is 11.5 Å². The van der Waals surface area contributed by atoms with Crippen molar-refractivity contribution in [2.24, 2.45) is 0 Å². The minimum absolute atomic E-state index is 0. The van der Waals surface area contributed by atoms with E-state index < -0.39 is 7.82 Å². The molecule has 0 saturated carbocycles. The molecule has 0 amide bonds. The molecular weight excluding hydrogens is 393 g/mol. The van der Waals surface area contributed by atoms with Gasteiger partial charge in [0.2, 0.25) is 0 Å². The summed E-state index contributed by atoms with van der Waals surface area (Å²) >= 11 is 1.65. The van der Waals surface area contributed by atoms with Crippen LogP contribution in [0.4, 0.5) is 0 Å². The molecule has 3 aromatic rings. The van der Waals surface area contributed by atoms with Crippen molar-refractivity contribution in [3.05, 3.63) is 59.0 Å². The van der Waals surface area contributed by atoms with Gasteiger partial charge in [-0.2, -0.15) is 0 Å². The molecule has 26 heavy (non-hydrogen) atoms. The van der Waals surface area contributed by atoms with Gasteiger partial charge in [0, 0.05) is 15.6 Å². The van der Waals surface area contributed by atoms with E-state index in [1.54, 1.807) is 23.5 Å². The largest absolute Gasteiger partial charge is 1.00 e. The number of phosphoric acid groups is 1. The van der Waals surface area contributed by atoms with Crippen LogP contribution in [0.15, 0.2) is 48.5 Å². The van der Waals surface area contributed by atoms with E-state index in [2.05, 4.69) is 16.7 Å². The van der Waals surface area contributed by atoms with Gasteiger partial charge in [0.05, 0.1) is 7.11 Å². The van der Waals surface area contributed by atoms with Crippen LogP contribution < -0.4 is 78.2 Å². The molecule has 0 N–H and O–H groups in total. The molecule has 2 aromatic carbocycles. The first-order valence-electron chi connectivity index (χ1n) is 7.00. The molecule has 0 unspecified atom stereocenters. The smallest absolute Gasteiger partial charge is 0.780 e. The van der Waals surface area contributed by atoms with E-state index >= 15 is 0 Å². The average molecular weight is 406 g/mol. The fourth-order valence-corrected chi connectivity index (χ4v) is 3.58. The molecule has 0 aliphatic carbocycles. The van der Waals surface area contributed by atoms with Crippen LogP contribution >= 0.6 is 19.2 Å². The third-order valence-corrected chi connectivity index (χ3v) is 4.76. The van der Waals surface area contributed by atoms with Gasteiger partial charge in [-0.05, 0) is 41.3 Å². The van der Waals surface area contributed by atoms with Gasteiger partial charge in [-0.1, -0.05) is 24.3 Å². The van der Waals surface area contributed by atoms with Gasteiger partial charge in [-0.3, -0.25) is 0 Å². The SMILES string of the molecule is COc1cc(/C=C/c2cc3ccccc3s2)cc(OP(=O)([O-])[O-])c1.[Na+].[Na+]. The number of benzene rings is 2. The summed E-state index contributed by atoms with van der Waals surface area (Å²) in [7, 11) is -3.66. The number of thiophene rings is 1. The minimum Gasteiger partial charge on any atom is -0.780 e. The Morgan fingerprint density at radius 1 is 1.00 bits per heavy atom. The van der Waals surface area contributed by atoms with Crippen molar-refractivity contribution in [1.29, 1.82) is 0 Å². The normalized spacial score (nSPS) is 11.0. The molecule has 3 rings (SSSR count). The van der Waals surface area contributed by atoms with Gasteiger partial charge in [-0.25, -0.2) is 0 Å². The Balaban J connectivity index is 0.00000169. The van der Waals surface area contributed by atoms with Crippen molar-refractivity contribution in [2.45, 2.75) is 0 Å². The summed E-state index contributed by atoms with van der Waals surface area (Å²) in [5.74, 6) is 0.329. The standard InChI is InChI=1S/C17H15O5PS.2Na/c1-21-14-8-12(9-15(11-14)22-23(18,19)20)6-7-16-10-13-4-2-3-5-17(13)24-16;;/h2-11H,1H3,(H2,18,19,20);;/q;2*+1/p-2/b7-6+;;. The molecule has 0 bridgehead atoms.